The average molecular weight is 315 g/mol. The first-order valence-corrected chi connectivity index (χ1v) is 8.17. The van der Waals surface area contributed by atoms with Crippen LogP contribution in [0.2, 0.25) is 0 Å². The normalized spacial score (nSPS) is 24.0. The molecule has 0 bridgehead atoms. The van der Waals surface area contributed by atoms with Gasteiger partial charge in [-0.05, 0) is 25.9 Å². The number of carboxylic acids is 2. The van der Waals surface area contributed by atoms with E-state index in [9.17, 15) is 0 Å². The van der Waals surface area contributed by atoms with Gasteiger partial charge in [0.05, 0.1) is 0 Å². The lowest BCUT2D eigenvalue weighted by Gasteiger charge is -2.36. The summed E-state index contributed by atoms with van der Waals surface area (Å²) in [6, 6.07) is 0.760. The summed E-state index contributed by atoms with van der Waals surface area (Å²) in [6.45, 7) is 11.1. The van der Waals surface area contributed by atoms with Crippen LogP contribution >= 0.6 is 0 Å². The summed E-state index contributed by atoms with van der Waals surface area (Å²) in [7, 11) is 0. The zero-order valence-corrected chi connectivity index (χ0v) is 13.5. The zero-order chi connectivity index (χ0) is 16.4. The van der Waals surface area contributed by atoms with E-state index in [1.807, 2.05) is 0 Å². The maximum atomic E-state index is 9.10. The van der Waals surface area contributed by atoms with Crippen molar-refractivity contribution in [2.75, 3.05) is 45.8 Å². The number of hydrogen-bond donors (Lipinski definition) is 3. The molecule has 0 aromatic rings. The fourth-order valence-corrected chi connectivity index (χ4v) is 2.86. The molecule has 0 aromatic carbocycles. The van der Waals surface area contributed by atoms with E-state index in [1.165, 1.54) is 71.5 Å². The number of rotatable bonds is 3. The van der Waals surface area contributed by atoms with E-state index in [4.69, 9.17) is 19.8 Å². The Morgan fingerprint density at radius 1 is 1.00 bits per heavy atom. The van der Waals surface area contributed by atoms with Crippen LogP contribution in [0.4, 0.5) is 0 Å². The van der Waals surface area contributed by atoms with Crippen LogP contribution in [-0.4, -0.2) is 83.8 Å². The Bertz CT molecular complexity index is 324. The Balaban J connectivity index is 0.000000346. The van der Waals surface area contributed by atoms with E-state index in [-0.39, 0.29) is 0 Å². The smallest absolute Gasteiger partial charge is 0.414 e. The molecule has 0 aromatic heterocycles. The van der Waals surface area contributed by atoms with Crippen LogP contribution in [0.25, 0.3) is 0 Å². The number of carboxylic acid groups (broad SMARTS) is 2. The number of hydrogen-bond acceptors (Lipinski definition) is 5. The minimum absolute atomic E-state index is 0.760. The minimum atomic E-state index is -1.82. The van der Waals surface area contributed by atoms with Gasteiger partial charge in [-0.25, -0.2) is 9.59 Å². The van der Waals surface area contributed by atoms with Crippen LogP contribution in [0.5, 0.6) is 0 Å². The van der Waals surface area contributed by atoms with Crippen molar-refractivity contribution in [3.63, 3.8) is 0 Å². The Labute approximate surface area is 132 Å². The first-order valence-electron chi connectivity index (χ1n) is 8.17. The largest absolute Gasteiger partial charge is 0.473 e. The van der Waals surface area contributed by atoms with Crippen molar-refractivity contribution in [2.45, 2.75) is 38.6 Å². The van der Waals surface area contributed by atoms with Crippen molar-refractivity contribution in [2.24, 2.45) is 0 Å². The van der Waals surface area contributed by atoms with Crippen molar-refractivity contribution in [3.8, 4) is 0 Å². The summed E-state index contributed by atoms with van der Waals surface area (Å²) >= 11 is 0. The molecule has 0 saturated carbocycles. The Morgan fingerprint density at radius 2 is 1.59 bits per heavy atom. The highest BCUT2D eigenvalue weighted by molar-refractivity contribution is 6.27. The second-order valence-electron chi connectivity index (χ2n) is 5.85. The number of carbonyl (C=O) groups is 2. The van der Waals surface area contributed by atoms with E-state index >= 15 is 0 Å². The van der Waals surface area contributed by atoms with E-state index in [1.54, 1.807) is 0 Å². The molecule has 0 aliphatic carbocycles. The first-order chi connectivity index (χ1) is 10.5. The third-order valence-electron chi connectivity index (χ3n) is 4.24. The molecule has 7 nitrogen and oxygen atoms in total. The second kappa shape index (κ2) is 10.5. The van der Waals surface area contributed by atoms with E-state index < -0.39 is 11.9 Å². The van der Waals surface area contributed by atoms with Gasteiger partial charge in [-0.3, -0.25) is 4.90 Å². The van der Waals surface area contributed by atoms with Crippen LogP contribution in [0.1, 0.15) is 32.6 Å². The summed E-state index contributed by atoms with van der Waals surface area (Å²) in [4.78, 5) is 23.4. The minimum Gasteiger partial charge on any atom is -0.473 e. The SMILES string of the molecule is CCN1CCN(CC2CCCCCN2)CC1.O=C(O)C(=O)O. The van der Waals surface area contributed by atoms with Gasteiger partial charge in [0.15, 0.2) is 0 Å². The highest BCUT2D eigenvalue weighted by Gasteiger charge is 2.19. The Kier molecular flexibility index (Phi) is 9.03. The molecular weight excluding hydrogens is 286 g/mol. The molecule has 2 heterocycles. The van der Waals surface area contributed by atoms with Crippen molar-refractivity contribution >= 4 is 11.9 Å². The van der Waals surface area contributed by atoms with Crippen LogP contribution in [0.15, 0.2) is 0 Å². The molecular formula is C15H29N3O4. The third kappa shape index (κ3) is 7.72. The fraction of sp³-hybridized carbons (Fsp3) is 0.867. The highest BCUT2D eigenvalue weighted by Crippen LogP contribution is 2.11. The molecule has 0 amide bonds. The predicted octanol–water partition coefficient (Wildman–Crippen LogP) is 0.312. The molecule has 22 heavy (non-hydrogen) atoms. The molecule has 7 heteroatoms. The number of nitrogens with zero attached hydrogens (tertiary/aromatic N) is 2. The van der Waals surface area contributed by atoms with E-state index in [2.05, 4.69) is 22.0 Å². The number of nitrogens with one attached hydrogen (secondary N) is 1. The summed E-state index contributed by atoms with van der Waals surface area (Å²) in [6.07, 6.45) is 5.60. The lowest BCUT2D eigenvalue weighted by atomic mass is 10.1. The molecule has 3 N–H and O–H groups in total. The highest BCUT2D eigenvalue weighted by atomic mass is 16.4. The van der Waals surface area contributed by atoms with Gasteiger partial charge in [0.25, 0.3) is 0 Å². The maximum Gasteiger partial charge on any atom is 0.414 e. The molecule has 2 aliphatic heterocycles. The van der Waals surface area contributed by atoms with Crippen LogP contribution < -0.4 is 5.32 Å². The van der Waals surface area contributed by atoms with Gasteiger partial charge in [-0.1, -0.05) is 19.8 Å². The van der Waals surface area contributed by atoms with Crippen molar-refractivity contribution < 1.29 is 19.8 Å². The van der Waals surface area contributed by atoms with Gasteiger partial charge in [-0.2, -0.15) is 0 Å². The third-order valence-corrected chi connectivity index (χ3v) is 4.24. The molecule has 2 rings (SSSR count). The van der Waals surface area contributed by atoms with Gasteiger partial charge in [-0.15, -0.1) is 0 Å². The molecule has 2 aliphatic rings. The molecule has 2 saturated heterocycles. The Hall–Kier alpha value is -1.18. The van der Waals surface area contributed by atoms with Gasteiger partial charge >= 0.3 is 11.9 Å². The summed E-state index contributed by atoms with van der Waals surface area (Å²) < 4.78 is 0. The standard InChI is InChI=1S/C13H27N3.C2H2O4/c1-2-15-8-10-16(11-9-15)12-13-6-4-3-5-7-14-13;3-1(4)2(5)6/h13-14H,2-12H2,1H3;(H,3,4)(H,5,6). The maximum absolute atomic E-state index is 9.10. The molecule has 2 fully saturated rings. The van der Waals surface area contributed by atoms with Gasteiger partial charge in [0.1, 0.15) is 0 Å². The number of likely N-dealkylation sites (N-methyl/N-ethyl adjacent to an activating group) is 1. The van der Waals surface area contributed by atoms with E-state index in [0.29, 0.717) is 0 Å². The zero-order valence-electron chi connectivity index (χ0n) is 13.5. The first kappa shape index (κ1) is 18.9. The van der Waals surface area contributed by atoms with Crippen LogP contribution in [-0.2, 0) is 9.59 Å². The monoisotopic (exact) mass is 315 g/mol. The molecule has 1 atom stereocenters. The Morgan fingerprint density at radius 3 is 2.14 bits per heavy atom. The van der Waals surface area contributed by atoms with Crippen LogP contribution in [0, 0.1) is 0 Å². The van der Waals surface area contributed by atoms with Gasteiger partial charge in [0, 0.05) is 38.8 Å². The van der Waals surface area contributed by atoms with E-state index in [0.717, 1.165) is 6.04 Å². The summed E-state index contributed by atoms with van der Waals surface area (Å²) in [5.74, 6) is -3.65. The van der Waals surface area contributed by atoms with Gasteiger partial charge < -0.3 is 20.4 Å². The summed E-state index contributed by atoms with van der Waals surface area (Å²) in [5, 5.41) is 18.5. The number of piperazine rings is 1. The molecule has 128 valence electrons. The number of aliphatic carboxylic acids is 2. The van der Waals surface area contributed by atoms with Gasteiger partial charge in [0.2, 0.25) is 0 Å². The average Bonchev–Trinajstić information content (AvgIpc) is 2.77. The lowest BCUT2D eigenvalue weighted by molar-refractivity contribution is -0.159. The van der Waals surface area contributed by atoms with Crippen molar-refractivity contribution in [1.82, 2.24) is 15.1 Å². The second-order valence-corrected chi connectivity index (χ2v) is 5.85. The molecule has 0 radical (unpaired) electrons. The predicted molar refractivity (Wildman–Crippen MR) is 84.1 cm³/mol. The van der Waals surface area contributed by atoms with Crippen LogP contribution in [0.3, 0.4) is 0 Å². The van der Waals surface area contributed by atoms with Crippen molar-refractivity contribution in [3.05, 3.63) is 0 Å². The fourth-order valence-electron chi connectivity index (χ4n) is 2.86. The molecule has 0 spiro atoms. The lowest BCUT2D eigenvalue weighted by Crippen LogP contribution is -2.50. The quantitative estimate of drug-likeness (QED) is 0.645. The molecule has 1 unspecified atom stereocenters. The summed E-state index contributed by atoms with van der Waals surface area (Å²) in [5.41, 5.74) is 0. The van der Waals surface area contributed by atoms with Crippen molar-refractivity contribution in [1.29, 1.82) is 0 Å². The topological polar surface area (TPSA) is 93.1 Å².